The van der Waals surface area contributed by atoms with Gasteiger partial charge in [-0.25, -0.2) is 4.79 Å². The van der Waals surface area contributed by atoms with Gasteiger partial charge in [-0.1, -0.05) is 23.7 Å². The molecular weight excluding hydrogens is 308 g/mol. The van der Waals surface area contributed by atoms with Crippen LogP contribution in [0.2, 0.25) is 4.34 Å². The monoisotopic (exact) mass is 314 g/mol. The summed E-state index contributed by atoms with van der Waals surface area (Å²) in [5, 5.41) is 0. The molecule has 0 atom stereocenters. The molecule has 0 unspecified atom stereocenters. The Morgan fingerprint density at radius 1 is 1.16 bits per heavy atom. The largest absolute Gasteiger partial charge is 0.340 e. The van der Waals surface area contributed by atoms with Gasteiger partial charge in [-0.05, 0) is 24.3 Å². The van der Waals surface area contributed by atoms with Crippen molar-refractivity contribution in [1.29, 1.82) is 0 Å². The van der Waals surface area contributed by atoms with Crippen molar-refractivity contribution in [1.82, 2.24) is 8.96 Å². The number of nitrogens with one attached hydrogen (secondary N) is 1. The highest BCUT2D eigenvalue weighted by atomic mass is 35.5. The van der Waals surface area contributed by atoms with Gasteiger partial charge in [0.25, 0.3) is 10.0 Å². The highest BCUT2D eigenvalue weighted by Crippen LogP contribution is 2.27. The molecule has 0 saturated carbocycles. The predicted molar refractivity (Wildman–Crippen MR) is 74.5 cm³/mol. The molecule has 1 aromatic carbocycles. The van der Waals surface area contributed by atoms with Crippen molar-refractivity contribution in [3.05, 3.63) is 51.2 Å². The van der Waals surface area contributed by atoms with E-state index >= 15 is 0 Å². The molecule has 0 aliphatic carbocycles. The molecule has 2 aromatic heterocycles. The number of nitrogens with zero attached hydrogens (tertiary/aromatic N) is 1. The number of hydrogen-bond acceptors (Lipinski definition) is 4. The Balaban J connectivity index is 2.36. The molecule has 0 fully saturated rings. The summed E-state index contributed by atoms with van der Waals surface area (Å²) in [6, 6.07) is 9.47. The lowest BCUT2D eigenvalue weighted by Crippen LogP contribution is -2.24. The summed E-state index contributed by atoms with van der Waals surface area (Å²) >= 11 is 6.66. The van der Waals surface area contributed by atoms with Gasteiger partial charge in [0, 0.05) is 0 Å². The van der Waals surface area contributed by atoms with Crippen molar-refractivity contribution < 1.29 is 8.42 Å². The number of aromatic amines is 1. The number of hydrogen-bond donors (Lipinski definition) is 1. The highest BCUT2D eigenvalue weighted by molar-refractivity contribution is 7.92. The first-order valence-electron chi connectivity index (χ1n) is 5.21. The number of benzene rings is 1. The van der Waals surface area contributed by atoms with E-state index in [-0.39, 0.29) is 4.21 Å². The van der Waals surface area contributed by atoms with Crippen LogP contribution in [0.3, 0.4) is 0 Å². The van der Waals surface area contributed by atoms with Crippen LogP contribution in [0.5, 0.6) is 0 Å². The molecule has 0 saturated heterocycles. The second-order valence-corrected chi connectivity index (χ2v) is 7.50. The third-order valence-corrected chi connectivity index (χ3v) is 5.99. The fourth-order valence-corrected chi connectivity index (χ4v) is 4.73. The summed E-state index contributed by atoms with van der Waals surface area (Å²) in [4.78, 5) is 14.4. The van der Waals surface area contributed by atoms with Crippen LogP contribution in [0.15, 0.2) is 45.4 Å². The van der Waals surface area contributed by atoms with Crippen LogP contribution in [0, 0.1) is 0 Å². The number of para-hydroxylation sites is 2. The number of thiophene rings is 1. The zero-order chi connectivity index (χ0) is 13.6. The fourth-order valence-electron chi connectivity index (χ4n) is 1.80. The number of rotatable bonds is 2. The van der Waals surface area contributed by atoms with E-state index in [1.54, 1.807) is 24.3 Å². The molecule has 3 aromatic rings. The molecule has 2 heterocycles. The topological polar surface area (TPSA) is 71.9 Å². The standard InChI is InChI=1S/C11H7ClN2O3S2/c12-9-5-6-10(18-9)19(16,17)14-8-4-2-1-3-7(8)13-11(14)15/h1-6H,(H,13,15). The molecule has 0 spiro atoms. The molecule has 0 bridgehead atoms. The van der Waals surface area contributed by atoms with Crippen LogP contribution in [0.25, 0.3) is 11.0 Å². The summed E-state index contributed by atoms with van der Waals surface area (Å²) in [7, 11) is -3.93. The van der Waals surface area contributed by atoms with Crippen molar-refractivity contribution in [2.24, 2.45) is 0 Å². The van der Waals surface area contributed by atoms with E-state index in [0.717, 1.165) is 15.3 Å². The van der Waals surface area contributed by atoms with Gasteiger partial charge in [-0.15, -0.1) is 11.3 Å². The zero-order valence-corrected chi connectivity index (χ0v) is 11.7. The molecule has 8 heteroatoms. The van der Waals surface area contributed by atoms with Crippen molar-refractivity contribution >= 4 is 44.0 Å². The second-order valence-electron chi connectivity index (χ2n) is 3.78. The van der Waals surface area contributed by atoms with Crippen molar-refractivity contribution in [2.75, 3.05) is 0 Å². The van der Waals surface area contributed by atoms with E-state index in [2.05, 4.69) is 4.98 Å². The van der Waals surface area contributed by atoms with Gasteiger partial charge in [0.05, 0.1) is 15.4 Å². The summed E-state index contributed by atoms with van der Waals surface area (Å²) in [6.07, 6.45) is 0. The van der Waals surface area contributed by atoms with E-state index in [0.29, 0.717) is 15.4 Å². The Morgan fingerprint density at radius 2 is 1.89 bits per heavy atom. The van der Waals surface area contributed by atoms with Crippen LogP contribution in [0.4, 0.5) is 0 Å². The Hall–Kier alpha value is -1.57. The summed E-state index contributed by atoms with van der Waals surface area (Å²) in [5.74, 6) is 0. The maximum Gasteiger partial charge on any atom is 0.340 e. The van der Waals surface area contributed by atoms with Crippen LogP contribution >= 0.6 is 22.9 Å². The first-order chi connectivity index (χ1) is 9.00. The van der Waals surface area contributed by atoms with Crippen LogP contribution in [0.1, 0.15) is 0 Å². The van der Waals surface area contributed by atoms with Gasteiger partial charge in [-0.3, -0.25) is 0 Å². The average molecular weight is 315 g/mol. The molecule has 98 valence electrons. The van der Waals surface area contributed by atoms with E-state index < -0.39 is 15.7 Å². The Labute approximate surface area is 117 Å². The Kier molecular flexibility index (Phi) is 2.77. The summed E-state index contributed by atoms with van der Waals surface area (Å²) < 4.78 is 26.0. The summed E-state index contributed by atoms with van der Waals surface area (Å²) in [6.45, 7) is 0. The Morgan fingerprint density at radius 3 is 2.58 bits per heavy atom. The minimum Gasteiger partial charge on any atom is -0.305 e. The smallest absolute Gasteiger partial charge is 0.305 e. The van der Waals surface area contributed by atoms with Crippen molar-refractivity contribution in [2.45, 2.75) is 4.21 Å². The first-order valence-corrected chi connectivity index (χ1v) is 7.84. The zero-order valence-electron chi connectivity index (χ0n) is 9.33. The van der Waals surface area contributed by atoms with E-state index in [1.165, 1.54) is 12.1 Å². The molecule has 3 rings (SSSR count). The number of imidazole rings is 1. The highest BCUT2D eigenvalue weighted by Gasteiger charge is 2.24. The molecule has 0 aliphatic heterocycles. The molecule has 0 aliphatic rings. The lowest BCUT2D eigenvalue weighted by Gasteiger charge is -2.02. The van der Waals surface area contributed by atoms with Gasteiger partial charge in [0.1, 0.15) is 4.21 Å². The number of H-pyrrole nitrogens is 1. The van der Waals surface area contributed by atoms with E-state index in [1.807, 2.05) is 0 Å². The molecule has 0 radical (unpaired) electrons. The first kappa shape index (κ1) is 12.5. The maximum absolute atomic E-state index is 12.4. The van der Waals surface area contributed by atoms with Crippen LogP contribution < -0.4 is 5.69 Å². The van der Waals surface area contributed by atoms with Gasteiger partial charge < -0.3 is 4.98 Å². The van der Waals surface area contributed by atoms with E-state index in [9.17, 15) is 13.2 Å². The molecule has 19 heavy (non-hydrogen) atoms. The van der Waals surface area contributed by atoms with Crippen LogP contribution in [-0.4, -0.2) is 17.4 Å². The van der Waals surface area contributed by atoms with Gasteiger partial charge >= 0.3 is 5.69 Å². The lowest BCUT2D eigenvalue weighted by atomic mass is 10.3. The van der Waals surface area contributed by atoms with Gasteiger partial charge in [-0.2, -0.15) is 12.4 Å². The SMILES string of the molecule is O=c1[nH]c2ccccc2n1S(=O)(=O)c1ccc(Cl)s1. The third kappa shape index (κ3) is 1.90. The molecule has 1 N–H and O–H groups in total. The number of aromatic nitrogens is 2. The van der Waals surface area contributed by atoms with Gasteiger partial charge in [0.2, 0.25) is 0 Å². The molecule has 5 nitrogen and oxygen atoms in total. The van der Waals surface area contributed by atoms with Crippen molar-refractivity contribution in [3.8, 4) is 0 Å². The second kappa shape index (κ2) is 4.22. The quantitative estimate of drug-likeness (QED) is 0.788. The normalized spacial score (nSPS) is 12.1. The maximum atomic E-state index is 12.4. The average Bonchev–Trinajstić information content (AvgIpc) is 2.92. The number of fused-ring (bicyclic) bond motifs is 1. The lowest BCUT2D eigenvalue weighted by molar-refractivity contribution is 0.589. The fraction of sp³-hybridized carbons (Fsp3) is 0. The van der Waals surface area contributed by atoms with E-state index in [4.69, 9.17) is 11.6 Å². The van der Waals surface area contributed by atoms with Gasteiger partial charge in [0.15, 0.2) is 0 Å². The minimum atomic E-state index is -3.93. The van der Waals surface area contributed by atoms with Crippen LogP contribution in [-0.2, 0) is 10.0 Å². The van der Waals surface area contributed by atoms with Crippen molar-refractivity contribution in [3.63, 3.8) is 0 Å². The predicted octanol–water partition coefficient (Wildman–Crippen LogP) is 2.28. The molecule has 0 amide bonds. The minimum absolute atomic E-state index is 0.0318. The summed E-state index contributed by atoms with van der Waals surface area (Å²) in [5.41, 5.74) is 0.0986. The number of halogens is 1. The molecular formula is C11H7ClN2O3S2. The third-order valence-electron chi connectivity index (χ3n) is 2.59. The Bertz CT molecular complexity index is 921.